The van der Waals surface area contributed by atoms with Gasteiger partial charge in [0.15, 0.2) is 0 Å². The van der Waals surface area contributed by atoms with Crippen molar-refractivity contribution in [2.45, 2.75) is 12.8 Å². The molecule has 2 heterocycles. The van der Waals surface area contributed by atoms with Crippen LogP contribution in [-0.2, 0) is 23.1 Å². The molecule has 0 atom stereocenters. The first kappa shape index (κ1) is 11.4. The van der Waals surface area contributed by atoms with Crippen LogP contribution in [0.25, 0.3) is 0 Å². The van der Waals surface area contributed by atoms with Crippen LogP contribution in [0.2, 0.25) is 0 Å². The van der Waals surface area contributed by atoms with Gasteiger partial charge >= 0.3 is 0 Å². The predicted molar refractivity (Wildman–Crippen MR) is 63.6 cm³/mol. The van der Waals surface area contributed by atoms with E-state index in [-0.39, 0.29) is 6.29 Å². The van der Waals surface area contributed by atoms with Crippen LogP contribution in [0, 0.1) is 0 Å². The minimum absolute atomic E-state index is 0.304. The van der Waals surface area contributed by atoms with Crippen molar-refractivity contribution in [2.24, 2.45) is 7.05 Å². The maximum absolute atomic E-state index is 5.55. The van der Waals surface area contributed by atoms with Crippen molar-refractivity contribution in [3.8, 4) is 0 Å². The zero-order chi connectivity index (χ0) is 12.4. The highest BCUT2D eigenvalue weighted by Crippen LogP contribution is 2.19. The molecule has 0 amide bonds. The molecule has 1 aromatic heterocycles. The van der Waals surface area contributed by atoms with E-state index in [0.29, 0.717) is 13.2 Å². The largest absolute Gasteiger partial charge is 0.341 e. The Morgan fingerprint density at radius 2 is 2.00 bits per heavy atom. The minimum atomic E-state index is -0.304. The van der Waals surface area contributed by atoms with Gasteiger partial charge in [0.05, 0.1) is 26.8 Å². The Kier molecular flexibility index (Phi) is 3.08. The molecule has 1 aliphatic heterocycles. The summed E-state index contributed by atoms with van der Waals surface area (Å²) in [6.07, 6.45) is 1.51. The van der Waals surface area contributed by atoms with Gasteiger partial charge in [-0.15, -0.1) is 4.68 Å². The molecule has 0 unspecified atom stereocenters. The van der Waals surface area contributed by atoms with Crippen molar-refractivity contribution in [3.05, 3.63) is 48.0 Å². The van der Waals surface area contributed by atoms with Crippen molar-refractivity contribution in [3.63, 3.8) is 0 Å². The normalized spacial score (nSPS) is 16.3. The fraction of sp³-hybridized carbons (Fsp3) is 0.385. The lowest BCUT2D eigenvalue weighted by Gasteiger charge is -2.08. The summed E-state index contributed by atoms with van der Waals surface area (Å²) in [7, 11) is 1.90. The van der Waals surface area contributed by atoms with E-state index in [9.17, 15) is 0 Å². The van der Waals surface area contributed by atoms with E-state index in [2.05, 4.69) is 21.8 Å². The van der Waals surface area contributed by atoms with E-state index in [1.54, 1.807) is 4.68 Å². The van der Waals surface area contributed by atoms with Crippen LogP contribution < -0.4 is 4.57 Å². The van der Waals surface area contributed by atoms with Crippen LogP contribution in [0.5, 0.6) is 0 Å². The van der Waals surface area contributed by atoms with Gasteiger partial charge in [0.25, 0.3) is 12.2 Å². The highest BCUT2D eigenvalue weighted by molar-refractivity contribution is 5.13. The maximum Gasteiger partial charge on any atom is 0.292 e. The molecule has 94 valence electrons. The third kappa shape index (κ3) is 2.14. The van der Waals surface area contributed by atoms with Crippen LogP contribution in [0.3, 0.4) is 0 Å². The summed E-state index contributed by atoms with van der Waals surface area (Å²) in [4.78, 5) is 0. The van der Waals surface area contributed by atoms with Crippen molar-refractivity contribution in [2.75, 3.05) is 13.2 Å². The smallest absolute Gasteiger partial charge is 0.292 e. The van der Waals surface area contributed by atoms with E-state index in [1.807, 2.05) is 31.6 Å². The van der Waals surface area contributed by atoms with E-state index in [4.69, 9.17) is 9.47 Å². The minimum Gasteiger partial charge on any atom is -0.341 e. The van der Waals surface area contributed by atoms with E-state index < -0.39 is 0 Å². The van der Waals surface area contributed by atoms with E-state index in [0.717, 1.165) is 12.4 Å². The summed E-state index contributed by atoms with van der Waals surface area (Å²) in [6, 6.07) is 10.3. The van der Waals surface area contributed by atoms with Crippen molar-refractivity contribution < 1.29 is 14.0 Å². The molecule has 0 aliphatic carbocycles. The first-order valence-electron chi connectivity index (χ1n) is 6.03. The summed E-state index contributed by atoms with van der Waals surface area (Å²) in [5.41, 5.74) is 1.23. The van der Waals surface area contributed by atoms with Gasteiger partial charge < -0.3 is 9.47 Å². The van der Waals surface area contributed by atoms with Gasteiger partial charge in [0.2, 0.25) is 6.29 Å². The number of aromatic nitrogens is 3. The second-order valence-electron chi connectivity index (χ2n) is 4.30. The quantitative estimate of drug-likeness (QED) is 0.752. The number of ether oxygens (including phenoxy) is 2. The average molecular weight is 246 g/mol. The topological polar surface area (TPSA) is 40.2 Å². The second-order valence-corrected chi connectivity index (χ2v) is 4.30. The maximum atomic E-state index is 5.55. The number of benzene rings is 1. The Morgan fingerprint density at radius 1 is 1.28 bits per heavy atom. The summed E-state index contributed by atoms with van der Waals surface area (Å²) in [5.74, 6) is 0.941. The molecule has 1 fully saturated rings. The van der Waals surface area contributed by atoms with Gasteiger partial charge in [-0.2, -0.15) is 0 Å². The van der Waals surface area contributed by atoms with Gasteiger partial charge in [-0.1, -0.05) is 30.3 Å². The predicted octanol–water partition coefficient (Wildman–Crippen LogP) is 0.801. The number of nitrogens with zero attached hydrogens (tertiary/aromatic N) is 3. The van der Waals surface area contributed by atoms with Crippen molar-refractivity contribution in [1.29, 1.82) is 0 Å². The molecule has 3 rings (SSSR count). The monoisotopic (exact) mass is 246 g/mol. The first-order valence-corrected chi connectivity index (χ1v) is 6.03. The number of hydrogen-bond acceptors (Lipinski definition) is 3. The van der Waals surface area contributed by atoms with Gasteiger partial charge in [-0.05, 0) is 5.56 Å². The molecule has 18 heavy (non-hydrogen) atoms. The van der Waals surface area contributed by atoms with E-state index in [1.165, 1.54) is 5.56 Å². The molecule has 5 nitrogen and oxygen atoms in total. The SMILES string of the molecule is Cn1nc[n+](Cc2ccccc2)c1C1OCCO1. The Hall–Kier alpha value is -1.72. The third-order valence-corrected chi connectivity index (χ3v) is 3.02. The zero-order valence-electron chi connectivity index (χ0n) is 10.3. The van der Waals surface area contributed by atoms with Crippen LogP contribution in [0.1, 0.15) is 17.7 Å². The lowest BCUT2D eigenvalue weighted by molar-refractivity contribution is -0.702. The first-order chi connectivity index (χ1) is 8.84. The molecule has 0 radical (unpaired) electrons. The van der Waals surface area contributed by atoms with Crippen LogP contribution in [0.15, 0.2) is 36.7 Å². The van der Waals surface area contributed by atoms with Crippen LogP contribution in [0.4, 0.5) is 0 Å². The summed E-state index contributed by atoms with van der Waals surface area (Å²) >= 11 is 0. The van der Waals surface area contributed by atoms with Gasteiger partial charge in [0.1, 0.15) is 0 Å². The van der Waals surface area contributed by atoms with Gasteiger partial charge in [-0.3, -0.25) is 0 Å². The Morgan fingerprint density at radius 3 is 2.72 bits per heavy atom. The Balaban J connectivity index is 1.88. The molecule has 2 aromatic rings. The zero-order valence-corrected chi connectivity index (χ0v) is 10.3. The number of rotatable bonds is 3. The highest BCUT2D eigenvalue weighted by Gasteiger charge is 2.30. The van der Waals surface area contributed by atoms with Crippen LogP contribution >= 0.6 is 0 Å². The van der Waals surface area contributed by atoms with Gasteiger partial charge in [0, 0.05) is 5.10 Å². The standard InChI is InChI=1S/C13H16N3O2/c1-15-12(13-17-7-8-18-13)16(10-14-15)9-11-5-3-2-4-6-11/h2-6,10,13H,7-9H2,1H3/q+1. The summed E-state index contributed by atoms with van der Waals surface area (Å²) in [5, 5.41) is 4.28. The number of aryl methyl sites for hydroxylation is 1. The summed E-state index contributed by atoms with van der Waals surface area (Å²) < 4.78 is 15.0. The molecular weight excluding hydrogens is 230 g/mol. The molecule has 1 aromatic carbocycles. The molecule has 0 bridgehead atoms. The molecular formula is C13H16N3O2+. The lowest BCUT2D eigenvalue weighted by Crippen LogP contribution is -2.39. The fourth-order valence-corrected chi connectivity index (χ4v) is 2.14. The van der Waals surface area contributed by atoms with Crippen molar-refractivity contribution in [1.82, 2.24) is 9.78 Å². The van der Waals surface area contributed by atoms with Crippen LogP contribution in [-0.4, -0.2) is 23.0 Å². The molecule has 0 saturated carbocycles. The highest BCUT2D eigenvalue weighted by atomic mass is 16.7. The average Bonchev–Trinajstić information content (AvgIpc) is 3.01. The molecule has 1 aliphatic rings. The number of hydrogen-bond donors (Lipinski definition) is 0. The van der Waals surface area contributed by atoms with Gasteiger partial charge in [-0.25, -0.2) is 4.57 Å². The third-order valence-electron chi connectivity index (χ3n) is 3.02. The lowest BCUT2D eigenvalue weighted by atomic mass is 10.2. The van der Waals surface area contributed by atoms with E-state index >= 15 is 0 Å². The second kappa shape index (κ2) is 4.88. The molecule has 0 spiro atoms. The fourth-order valence-electron chi connectivity index (χ4n) is 2.14. The molecule has 1 saturated heterocycles. The van der Waals surface area contributed by atoms with Crippen molar-refractivity contribution >= 4 is 0 Å². The molecule has 5 heteroatoms. The Labute approximate surface area is 106 Å². The Bertz CT molecular complexity index is 518. The molecule has 0 N–H and O–H groups in total. The summed E-state index contributed by atoms with van der Waals surface area (Å²) in [6.45, 7) is 2.05.